The molecule has 1 N–H and O–H groups in total. The molecule has 0 saturated carbocycles. The minimum absolute atomic E-state index is 0.391. The lowest BCUT2D eigenvalue weighted by Gasteiger charge is -2.41. The average molecular weight is 215 g/mol. The van der Waals surface area contributed by atoms with Crippen molar-refractivity contribution in [1.29, 1.82) is 0 Å². The monoisotopic (exact) mass is 215 g/mol. The molecule has 1 nitrogen and oxygen atoms in total. The van der Waals surface area contributed by atoms with Crippen LogP contribution in [0.4, 0.5) is 0 Å². The van der Waals surface area contributed by atoms with Gasteiger partial charge in [0.15, 0.2) is 0 Å². The Hall–Kier alpha value is 0.310. The van der Waals surface area contributed by atoms with Crippen LogP contribution in [0.2, 0.25) is 0 Å². The Morgan fingerprint density at radius 3 is 2.64 bits per heavy atom. The predicted molar refractivity (Wildman–Crippen MR) is 66.7 cm³/mol. The molecule has 84 valence electrons. The largest absolute Gasteiger partial charge is 0.303 e. The molecule has 0 aromatic rings. The molecule has 1 saturated heterocycles. The van der Waals surface area contributed by atoms with Crippen molar-refractivity contribution in [3.8, 4) is 0 Å². The fourth-order valence-electron chi connectivity index (χ4n) is 1.98. The summed E-state index contributed by atoms with van der Waals surface area (Å²) >= 11 is 2.15. The Morgan fingerprint density at radius 2 is 2.21 bits per heavy atom. The van der Waals surface area contributed by atoms with Crippen molar-refractivity contribution in [3.63, 3.8) is 0 Å². The fraction of sp³-hybridized carbons (Fsp3) is 1.00. The van der Waals surface area contributed by atoms with Crippen LogP contribution in [0.3, 0.4) is 0 Å². The highest BCUT2D eigenvalue weighted by Gasteiger charge is 2.33. The second kappa shape index (κ2) is 5.41. The summed E-state index contributed by atoms with van der Waals surface area (Å²) in [6.07, 6.45) is 3.89. The minimum Gasteiger partial charge on any atom is -0.303 e. The van der Waals surface area contributed by atoms with Gasteiger partial charge in [-0.3, -0.25) is 0 Å². The summed E-state index contributed by atoms with van der Waals surface area (Å²) in [6, 6.07) is 0. The number of hydrogen-bond acceptors (Lipinski definition) is 2. The predicted octanol–water partition coefficient (Wildman–Crippen LogP) is 3.50. The van der Waals surface area contributed by atoms with Crippen LogP contribution in [0.15, 0.2) is 0 Å². The number of thioether (sulfide) groups is 1. The van der Waals surface area contributed by atoms with Crippen LogP contribution in [0.1, 0.15) is 47.0 Å². The zero-order valence-electron chi connectivity index (χ0n) is 10.1. The van der Waals surface area contributed by atoms with E-state index in [-0.39, 0.29) is 0 Å². The van der Waals surface area contributed by atoms with E-state index in [1.165, 1.54) is 31.6 Å². The standard InChI is InChI=1S/C12H25NS/c1-5-10(3)7-12(6-2)13-8-11(4)9-14-12/h10-11,13H,5-9H2,1-4H3. The highest BCUT2D eigenvalue weighted by molar-refractivity contribution is 8.00. The Labute approximate surface area is 93.4 Å². The summed E-state index contributed by atoms with van der Waals surface area (Å²) in [4.78, 5) is 0.391. The lowest BCUT2D eigenvalue weighted by atomic mass is 9.96. The smallest absolute Gasteiger partial charge is 0.0645 e. The number of hydrogen-bond donors (Lipinski definition) is 1. The molecule has 0 radical (unpaired) electrons. The van der Waals surface area contributed by atoms with Crippen LogP contribution in [0.5, 0.6) is 0 Å². The first-order chi connectivity index (χ1) is 6.62. The van der Waals surface area contributed by atoms with Crippen molar-refractivity contribution >= 4 is 11.8 Å². The normalized spacial score (nSPS) is 35.6. The molecule has 0 bridgehead atoms. The van der Waals surface area contributed by atoms with Gasteiger partial charge in [-0.05, 0) is 37.0 Å². The van der Waals surface area contributed by atoms with Gasteiger partial charge in [-0.2, -0.15) is 0 Å². The second-order valence-corrected chi connectivity index (χ2v) is 6.27. The maximum atomic E-state index is 3.76. The summed E-state index contributed by atoms with van der Waals surface area (Å²) < 4.78 is 0. The van der Waals surface area contributed by atoms with E-state index >= 15 is 0 Å². The van der Waals surface area contributed by atoms with E-state index in [9.17, 15) is 0 Å². The Balaban J connectivity index is 2.49. The van der Waals surface area contributed by atoms with Crippen LogP contribution < -0.4 is 5.32 Å². The van der Waals surface area contributed by atoms with E-state index in [1.807, 2.05) is 0 Å². The van der Waals surface area contributed by atoms with Crippen molar-refractivity contribution in [2.24, 2.45) is 11.8 Å². The van der Waals surface area contributed by atoms with Crippen molar-refractivity contribution in [3.05, 3.63) is 0 Å². The molecule has 1 rings (SSSR count). The quantitative estimate of drug-likeness (QED) is 0.770. The van der Waals surface area contributed by atoms with Gasteiger partial charge in [-0.25, -0.2) is 0 Å². The maximum absolute atomic E-state index is 3.76. The van der Waals surface area contributed by atoms with Gasteiger partial charge in [-0.1, -0.05) is 34.1 Å². The first-order valence-electron chi connectivity index (χ1n) is 6.01. The van der Waals surface area contributed by atoms with Crippen LogP contribution in [-0.2, 0) is 0 Å². The SMILES string of the molecule is CCC(C)CC1(CC)NCC(C)CS1. The summed E-state index contributed by atoms with van der Waals surface area (Å²) in [5.41, 5.74) is 0. The van der Waals surface area contributed by atoms with Crippen LogP contribution in [-0.4, -0.2) is 17.2 Å². The van der Waals surface area contributed by atoms with Crippen LogP contribution in [0.25, 0.3) is 0 Å². The molecule has 3 atom stereocenters. The molecule has 1 aliphatic heterocycles. The Bertz CT molecular complexity index is 162. The molecule has 14 heavy (non-hydrogen) atoms. The van der Waals surface area contributed by atoms with Crippen LogP contribution in [0, 0.1) is 11.8 Å². The fourth-order valence-corrected chi connectivity index (χ4v) is 3.49. The molecular weight excluding hydrogens is 190 g/mol. The van der Waals surface area contributed by atoms with Crippen LogP contribution >= 0.6 is 11.8 Å². The van der Waals surface area contributed by atoms with Gasteiger partial charge in [0.25, 0.3) is 0 Å². The molecule has 3 unspecified atom stereocenters. The highest BCUT2D eigenvalue weighted by atomic mass is 32.2. The lowest BCUT2D eigenvalue weighted by Crippen LogP contribution is -2.49. The van der Waals surface area contributed by atoms with Gasteiger partial charge in [0.1, 0.15) is 0 Å². The van der Waals surface area contributed by atoms with Gasteiger partial charge >= 0.3 is 0 Å². The molecule has 0 aromatic carbocycles. The third kappa shape index (κ3) is 3.16. The van der Waals surface area contributed by atoms with E-state index in [0.29, 0.717) is 4.87 Å². The second-order valence-electron chi connectivity index (χ2n) is 4.86. The molecule has 2 heteroatoms. The topological polar surface area (TPSA) is 12.0 Å². The van der Waals surface area contributed by atoms with E-state index in [1.54, 1.807) is 0 Å². The maximum Gasteiger partial charge on any atom is 0.0645 e. The zero-order valence-corrected chi connectivity index (χ0v) is 10.9. The summed E-state index contributed by atoms with van der Waals surface area (Å²) in [5, 5.41) is 3.76. The molecule has 1 aliphatic rings. The van der Waals surface area contributed by atoms with E-state index in [0.717, 1.165) is 11.8 Å². The zero-order chi connectivity index (χ0) is 10.6. The molecule has 0 aromatic heterocycles. The third-order valence-electron chi connectivity index (χ3n) is 3.36. The lowest BCUT2D eigenvalue weighted by molar-refractivity contribution is 0.326. The number of nitrogens with one attached hydrogen (secondary N) is 1. The van der Waals surface area contributed by atoms with E-state index in [4.69, 9.17) is 0 Å². The van der Waals surface area contributed by atoms with Gasteiger partial charge in [0.05, 0.1) is 4.87 Å². The van der Waals surface area contributed by atoms with Crippen molar-refractivity contribution in [1.82, 2.24) is 5.32 Å². The summed E-state index contributed by atoms with van der Waals surface area (Å²) in [6.45, 7) is 10.5. The third-order valence-corrected chi connectivity index (χ3v) is 5.25. The molecule has 0 aliphatic carbocycles. The summed E-state index contributed by atoms with van der Waals surface area (Å²) in [7, 11) is 0. The van der Waals surface area contributed by atoms with Crippen molar-refractivity contribution < 1.29 is 0 Å². The highest BCUT2D eigenvalue weighted by Crippen LogP contribution is 2.37. The number of rotatable bonds is 4. The molecule has 0 spiro atoms. The molecular formula is C12H25NS. The van der Waals surface area contributed by atoms with E-state index in [2.05, 4.69) is 44.8 Å². The average Bonchev–Trinajstić information content (AvgIpc) is 2.22. The molecule has 1 heterocycles. The molecule has 0 amide bonds. The van der Waals surface area contributed by atoms with Crippen molar-refractivity contribution in [2.45, 2.75) is 51.8 Å². The van der Waals surface area contributed by atoms with Gasteiger partial charge in [0.2, 0.25) is 0 Å². The summed E-state index contributed by atoms with van der Waals surface area (Å²) in [5.74, 6) is 3.03. The van der Waals surface area contributed by atoms with Crippen molar-refractivity contribution in [2.75, 3.05) is 12.3 Å². The van der Waals surface area contributed by atoms with Gasteiger partial charge < -0.3 is 5.32 Å². The van der Waals surface area contributed by atoms with Gasteiger partial charge in [-0.15, -0.1) is 11.8 Å². The minimum atomic E-state index is 0.391. The Kier molecular flexibility index (Phi) is 4.78. The Morgan fingerprint density at radius 1 is 1.50 bits per heavy atom. The first kappa shape index (κ1) is 12.4. The first-order valence-corrected chi connectivity index (χ1v) is 6.99. The van der Waals surface area contributed by atoms with E-state index < -0.39 is 0 Å². The molecule has 1 fully saturated rings. The van der Waals surface area contributed by atoms with Gasteiger partial charge in [0, 0.05) is 0 Å².